The minimum Gasteiger partial charge on any atom is -0.362 e. The zero-order valence-electron chi connectivity index (χ0n) is 17.9. The molecule has 0 saturated carbocycles. The van der Waals surface area contributed by atoms with E-state index in [-0.39, 0.29) is 30.9 Å². The van der Waals surface area contributed by atoms with E-state index in [2.05, 4.69) is 10.1 Å². The Morgan fingerprint density at radius 3 is 2.16 bits per heavy atom. The number of likely N-dealkylation sites (tertiary alicyclic amines) is 2. The maximum atomic E-state index is 12.5. The second-order valence-corrected chi connectivity index (χ2v) is 8.27. The molecule has 8 heteroatoms. The molecule has 31 heavy (non-hydrogen) atoms. The van der Waals surface area contributed by atoms with Gasteiger partial charge in [-0.05, 0) is 25.7 Å². The summed E-state index contributed by atoms with van der Waals surface area (Å²) in [6, 6.07) is 9.74. The van der Waals surface area contributed by atoms with Crippen LogP contribution in [0.5, 0.6) is 0 Å². The summed E-state index contributed by atoms with van der Waals surface area (Å²) < 4.78 is 10.9. The summed E-state index contributed by atoms with van der Waals surface area (Å²) in [5.74, 6) is 1.29. The molecule has 4 rings (SSSR count). The van der Waals surface area contributed by atoms with Crippen molar-refractivity contribution in [3.05, 3.63) is 36.2 Å². The number of carbonyl (C=O) groups excluding carboxylic acids is 2. The van der Waals surface area contributed by atoms with Crippen LogP contribution < -0.4 is 0 Å². The molecule has 1 aromatic carbocycles. The van der Waals surface area contributed by atoms with Crippen LogP contribution in [0.25, 0.3) is 11.4 Å². The smallest absolute Gasteiger partial charge is 0.248 e. The topological polar surface area (TPSA) is 88.8 Å². The minimum atomic E-state index is -0.0716. The summed E-state index contributed by atoms with van der Waals surface area (Å²) in [5, 5.41) is 4.09. The monoisotopic (exact) mass is 426 g/mol. The first-order valence-electron chi connectivity index (χ1n) is 11.2. The number of amides is 2. The third-order valence-corrected chi connectivity index (χ3v) is 6.08. The van der Waals surface area contributed by atoms with Gasteiger partial charge in [0.2, 0.25) is 23.5 Å². The number of hydrogen-bond acceptors (Lipinski definition) is 6. The second-order valence-electron chi connectivity index (χ2n) is 8.27. The van der Waals surface area contributed by atoms with E-state index < -0.39 is 0 Å². The van der Waals surface area contributed by atoms with Gasteiger partial charge in [0.25, 0.3) is 0 Å². The van der Waals surface area contributed by atoms with Crippen molar-refractivity contribution in [3.63, 3.8) is 0 Å². The summed E-state index contributed by atoms with van der Waals surface area (Å²) in [6.45, 7) is 2.76. The Morgan fingerprint density at radius 2 is 1.52 bits per heavy atom. The fourth-order valence-corrected chi connectivity index (χ4v) is 4.21. The summed E-state index contributed by atoms with van der Waals surface area (Å²) in [5.41, 5.74) is 0.928. The SMILES string of the molecule is O=C(COCC(=O)N1CCC(c2nc(-c3ccccc3)no2)CC1)N1CCCCCC1. The summed E-state index contributed by atoms with van der Waals surface area (Å²) >= 11 is 0. The van der Waals surface area contributed by atoms with Crippen molar-refractivity contribution < 1.29 is 18.8 Å². The van der Waals surface area contributed by atoms with Gasteiger partial charge in [0.15, 0.2) is 0 Å². The van der Waals surface area contributed by atoms with Crippen LogP contribution in [0.3, 0.4) is 0 Å². The summed E-state index contributed by atoms with van der Waals surface area (Å²) in [4.78, 5) is 32.9. The molecule has 0 N–H and O–H groups in total. The molecule has 0 bridgehead atoms. The van der Waals surface area contributed by atoms with Crippen LogP contribution in [0.15, 0.2) is 34.9 Å². The van der Waals surface area contributed by atoms with Gasteiger partial charge in [-0.2, -0.15) is 4.98 Å². The van der Waals surface area contributed by atoms with E-state index in [1.54, 1.807) is 4.90 Å². The van der Waals surface area contributed by atoms with Crippen molar-refractivity contribution in [2.24, 2.45) is 0 Å². The molecule has 0 aliphatic carbocycles. The van der Waals surface area contributed by atoms with Crippen LogP contribution in [0.2, 0.25) is 0 Å². The highest BCUT2D eigenvalue weighted by atomic mass is 16.5. The highest BCUT2D eigenvalue weighted by Gasteiger charge is 2.28. The van der Waals surface area contributed by atoms with Crippen LogP contribution in [-0.2, 0) is 14.3 Å². The Balaban J connectivity index is 1.19. The number of piperidine rings is 1. The van der Waals surface area contributed by atoms with Crippen LogP contribution in [0, 0.1) is 0 Å². The van der Waals surface area contributed by atoms with Crippen LogP contribution in [-0.4, -0.2) is 71.1 Å². The Labute approximate surface area is 182 Å². The maximum absolute atomic E-state index is 12.5. The summed E-state index contributed by atoms with van der Waals surface area (Å²) in [7, 11) is 0. The molecule has 0 radical (unpaired) electrons. The first-order chi connectivity index (χ1) is 15.2. The fraction of sp³-hybridized carbons (Fsp3) is 0.565. The van der Waals surface area contributed by atoms with Gasteiger partial charge < -0.3 is 19.1 Å². The molecule has 2 amide bonds. The molecule has 3 heterocycles. The van der Waals surface area contributed by atoms with Crippen molar-refractivity contribution in [1.82, 2.24) is 19.9 Å². The molecule has 2 aliphatic rings. The highest BCUT2D eigenvalue weighted by Crippen LogP contribution is 2.28. The molecule has 1 aromatic heterocycles. The first kappa shape index (κ1) is 21.5. The zero-order valence-corrected chi connectivity index (χ0v) is 17.9. The van der Waals surface area contributed by atoms with Gasteiger partial charge in [-0.1, -0.05) is 48.3 Å². The lowest BCUT2D eigenvalue weighted by molar-refractivity contribution is -0.142. The molecule has 0 atom stereocenters. The van der Waals surface area contributed by atoms with Crippen molar-refractivity contribution in [1.29, 1.82) is 0 Å². The van der Waals surface area contributed by atoms with E-state index in [0.29, 0.717) is 24.8 Å². The van der Waals surface area contributed by atoms with E-state index >= 15 is 0 Å². The van der Waals surface area contributed by atoms with E-state index in [9.17, 15) is 9.59 Å². The quantitative estimate of drug-likeness (QED) is 0.706. The van der Waals surface area contributed by atoms with Crippen LogP contribution in [0.1, 0.15) is 50.3 Å². The molecule has 2 fully saturated rings. The highest BCUT2D eigenvalue weighted by molar-refractivity contribution is 5.79. The predicted molar refractivity (Wildman–Crippen MR) is 114 cm³/mol. The number of ether oxygens (including phenoxy) is 1. The lowest BCUT2D eigenvalue weighted by Gasteiger charge is -2.30. The second kappa shape index (κ2) is 10.5. The maximum Gasteiger partial charge on any atom is 0.248 e. The van der Waals surface area contributed by atoms with Crippen LogP contribution >= 0.6 is 0 Å². The number of hydrogen-bond donors (Lipinski definition) is 0. The minimum absolute atomic E-state index is 0.0148. The average Bonchev–Trinajstić information content (AvgIpc) is 3.15. The number of nitrogens with zero attached hydrogens (tertiary/aromatic N) is 4. The summed E-state index contributed by atoms with van der Waals surface area (Å²) in [6.07, 6.45) is 6.00. The normalized spacial score (nSPS) is 18.1. The third kappa shape index (κ3) is 5.70. The average molecular weight is 427 g/mol. The Kier molecular flexibility index (Phi) is 7.30. The van der Waals surface area contributed by atoms with Gasteiger partial charge in [0.1, 0.15) is 13.2 Å². The van der Waals surface area contributed by atoms with E-state index in [1.807, 2.05) is 35.2 Å². The number of aromatic nitrogens is 2. The van der Waals surface area contributed by atoms with Crippen LogP contribution in [0.4, 0.5) is 0 Å². The third-order valence-electron chi connectivity index (χ3n) is 6.08. The molecule has 0 spiro atoms. The van der Waals surface area contributed by atoms with Gasteiger partial charge in [0.05, 0.1) is 0 Å². The molecular formula is C23H30N4O4. The lowest BCUT2D eigenvalue weighted by Crippen LogP contribution is -2.41. The zero-order chi connectivity index (χ0) is 21.5. The van der Waals surface area contributed by atoms with Crippen molar-refractivity contribution >= 4 is 11.8 Å². The molecule has 2 saturated heterocycles. The van der Waals surface area contributed by atoms with E-state index in [0.717, 1.165) is 44.3 Å². The standard InChI is InChI=1S/C23H30N4O4/c28-20(26-12-6-1-2-7-13-26)16-30-17-21(29)27-14-10-19(11-15-27)23-24-22(25-31-23)18-8-4-3-5-9-18/h3-5,8-9,19H,1-2,6-7,10-17H2. The molecule has 2 aromatic rings. The molecule has 0 unspecified atom stereocenters. The van der Waals surface area contributed by atoms with E-state index in [1.165, 1.54) is 12.8 Å². The molecule has 166 valence electrons. The van der Waals surface area contributed by atoms with Gasteiger partial charge in [-0.3, -0.25) is 9.59 Å². The van der Waals surface area contributed by atoms with Gasteiger partial charge in [-0.15, -0.1) is 0 Å². The molecule has 8 nitrogen and oxygen atoms in total. The van der Waals surface area contributed by atoms with Crippen molar-refractivity contribution in [2.75, 3.05) is 39.4 Å². The Morgan fingerprint density at radius 1 is 0.903 bits per heavy atom. The number of rotatable bonds is 6. The van der Waals surface area contributed by atoms with Crippen molar-refractivity contribution in [2.45, 2.75) is 44.4 Å². The van der Waals surface area contributed by atoms with Crippen molar-refractivity contribution in [3.8, 4) is 11.4 Å². The molecular weight excluding hydrogens is 396 g/mol. The fourth-order valence-electron chi connectivity index (χ4n) is 4.21. The van der Waals surface area contributed by atoms with E-state index in [4.69, 9.17) is 9.26 Å². The number of benzene rings is 1. The van der Waals surface area contributed by atoms with Gasteiger partial charge in [-0.25, -0.2) is 0 Å². The van der Waals surface area contributed by atoms with Gasteiger partial charge >= 0.3 is 0 Å². The van der Waals surface area contributed by atoms with Gasteiger partial charge in [0, 0.05) is 37.7 Å². The first-order valence-corrected chi connectivity index (χ1v) is 11.2. The lowest BCUT2D eigenvalue weighted by atomic mass is 9.97. The Hall–Kier alpha value is -2.74. The Bertz CT molecular complexity index is 853. The largest absolute Gasteiger partial charge is 0.362 e. The number of carbonyl (C=O) groups is 2. The predicted octanol–water partition coefficient (Wildman–Crippen LogP) is 2.86. The molecule has 2 aliphatic heterocycles.